The topological polar surface area (TPSA) is 68.5 Å². The second kappa shape index (κ2) is 7.32. The number of nitrogens with one attached hydrogen (secondary N) is 1. The van der Waals surface area contributed by atoms with Crippen molar-refractivity contribution >= 4 is 23.4 Å². The van der Waals surface area contributed by atoms with Crippen molar-refractivity contribution < 1.29 is 18.7 Å². The third kappa shape index (κ3) is 3.16. The Morgan fingerprint density at radius 3 is 2.61 bits per heavy atom. The van der Waals surface area contributed by atoms with Crippen LogP contribution in [0.4, 0.5) is 0 Å². The van der Waals surface area contributed by atoms with Crippen LogP contribution in [0, 0.1) is 0 Å². The molecule has 28 heavy (non-hydrogen) atoms. The number of rotatable bonds is 3. The van der Waals surface area contributed by atoms with Crippen molar-refractivity contribution in [1.82, 2.24) is 5.32 Å². The molecular formula is C22H20ClNO4. The molecule has 2 aromatic rings. The van der Waals surface area contributed by atoms with E-state index in [4.69, 9.17) is 20.8 Å². The zero-order valence-electron chi connectivity index (χ0n) is 15.6. The lowest BCUT2D eigenvalue weighted by Gasteiger charge is -2.36. The standard InChI is InChI=1S/C22H20ClNO4/c1-12-19(22(26)27-2)20(13-5-7-15(23)8-6-13)21-16(24-12)10-14(11-17(21)25)18-4-3-9-28-18/h3-9,14,20,24H,10-11H2,1-2H3/t14-,20-/m1/s1. The minimum Gasteiger partial charge on any atom is -0.469 e. The molecule has 0 saturated carbocycles. The molecule has 2 aliphatic rings. The highest BCUT2D eigenvalue weighted by atomic mass is 35.5. The number of carbonyl (C=O) groups is 2. The van der Waals surface area contributed by atoms with E-state index in [1.54, 1.807) is 18.4 Å². The number of Topliss-reactive ketones (excluding diaryl/α,β-unsaturated/α-hetero) is 1. The quantitative estimate of drug-likeness (QED) is 0.774. The predicted octanol–water partition coefficient (Wildman–Crippen LogP) is 4.47. The van der Waals surface area contributed by atoms with Crippen LogP contribution in [0.5, 0.6) is 0 Å². The van der Waals surface area contributed by atoms with Crippen LogP contribution in [0.15, 0.2) is 69.6 Å². The highest BCUT2D eigenvalue weighted by molar-refractivity contribution is 6.30. The molecule has 0 fully saturated rings. The minimum atomic E-state index is -0.481. The molecule has 1 aliphatic heterocycles. The van der Waals surface area contributed by atoms with Crippen LogP contribution in [-0.4, -0.2) is 18.9 Å². The van der Waals surface area contributed by atoms with Gasteiger partial charge in [-0.05, 0) is 43.2 Å². The van der Waals surface area contributed by atoms with Crippen molar-refractivity contribution in [3.63, 3.8) is 0 Å². The van der Waals surface area contributed by atoms with Gasteiger partial charge in [-0.2, -0.15) is 0 Å². The number of ketones is 1. The molecule has 1 N–H and O–H groups in total. The number of ether oxygens (including phenoxy) is 1. The summed E-state index contributed by atoms with van der Waals surface area (Å²) in [4.78, 5) is 25.8. The highest BCUT2D eigenvalue weighted by Crippen LogP contribution is 2.45. The average molecular weight is 398 g/mol. The van der Waals surface area contributed by atoms with Crippen LogP contribution >= 0.6 is 11.6 Å². The summed E-state index contributed by atoms with van der Waals surface area (Å²) in [5, 5.41) is 3.88. The van der Waals surface area contributed by atoms with Gasteiger partial charge in [-0.1, -0.05) is 23.7 Å². The number of halogens is 1. The van der Waals surface area contributed by atoms with Crippen molar-refractivity contribution in [1.29, 1.82) is 0 Å². The van der Waals surface area contributed by atoms with E-state index in [2.05, 4.69) is 5.32 Å². The first-order chi connectivity index (χ1) is 13.5. The van der Waals surface area contributed by atoms with Gasteiger partial charge in [-0.25, -0.2) is 4.79 Å². The molecule has 1 aliphatic carbocycles. The molecule has 1 aromatic carbocycles. The molecule has 2 heterocycles. The Balaban J connectivity index is 1.82. The number of methoxy groups -OCH3 is 1. The number of hydrogen-bond donors (Lipinski definition) is 1. The Kier molecular flexibility index (Phi) is 4.85. The van der Waals surface area contributed by atoms with Crippen molar-refractivity contribution in [2.45, 2.75) is 31.6 Å². The fourth-order valence-corrected chi connectivity index (χ4v) is 4.26. The number of allylic oxidation sites excluding steroid dienone is 3. The Labute approximate surface area is 168 Å². The monoisotopic (exact) mass is 397 g/mol. The average Bonchev–Trinajstić information content (AvgIpc) is 3.21. The first-order valence-electron chi connectivity index (χ1n) is 9.10. The highest BCUT2D eigenvalue weighted by Gasteiger charge is 2.41. The smallest absolute Gasteiger partial charge is 0.336 e. The summed E-state index contributed by atoms with van der Waals surface area (Å²) in [7, 11) is 1.35. The third-order valence-electron chi connectivity index (χ3n) is 5.38. The number of furan rings is 1. The zero-order chi connectivity index (χ0) is 19.8. The lowest BCUT2D eigenvalue weighted by Crippen LogP contribution is -2.35. The fraction of sp³-hybridized carbons (Fsp3) is 0.273. The summed E-state index contributed by atoms with van der Waals surface area (Å²) in [5.41, 5.74) is 3.44. The molecule has 4 rings (SSSR count). The summed E-state index contributed by atoms with van der Waals surface area (Å²) in [6, 6.07) is 11.0. The van der Waals surface area contributed by atoms with Gasteiger partial charge in [-0.15, -0.1) is 0 Å². The van der Waals surface area contributed by atoms with E-state index in [9.17, 15) is 9.59 Å². The van der Waals surface area contributed by atoms with E-state index >= 15 is 0 Å². The lowest BCUT2D eigenvalue weighted by molar-refractivity contribution is -0.136. The molecule has 0 saturated heterocycles. The van der Waals surface area contributed by atoms with Crippen LogP contribution in [0.3, 0.4) is 0 Å². The van der Waals surface area contributed by atoms with Gasteiger partial charge in [0.2, 0.25) is 0 Å². The number of esters is 1. The molecular weight excluding hydrogens is 378 g/mol. The minimum absolute atomic E-state index is 0.00371. The van der Waals surface area contributed by atoms with Crippen LogP contribution in [0.2, 0.25) is 5.02 Å². The van der Waals surface area contributed by atoms with Gasteiger partial charge in [-0.3, -0.25) is 4.79 Å². The van der Waals surface area contributed by atoms with E-state index in [0.717, 1.165) is 17.0 Å². The molecule has 0 radical (unpaired) electrons. The molecule has 0 amide bonds. The second-order valence-corrected chi connectivity index (χ2v) is 7.51. The number of benzene rings is 1. The van der Waals surface area contributed by atoms with Gasteiger partial charge in [0.1, 0.15) is 5.76 Å². The molecule has 5 nitrogen and oxygen atoms in total. The second-order valence-electron chi connectivity index (χ2n) is 7.08. The summed E-state index contributed by atoms with van der Waals surface area (Å²) >= 11 is 6.04. The normalized spacial score (nSPS) is 22.0. The van der Waals surface area contributed by atoms with Crippen LogP contribution in [-0.2, 0) is 14.3 Å². The first-order valence-corrected chi connectivity index (χ1v) is 9.48. The van der Waals surface area contributed by atoms with Gasteiger partial charge >= 0.3 is 5.97 Å². The summed E-state index contributed by atoms with van der Waals surface area (Å²) < 4.78 is 10.5. The molecule has 0 bridgehead atoms. The Bertz CT molecular complexity index is 986. The van der Waals surface area contributed by atoms with E-state index in [1.807, 2.05) is 31.2 Å². The van der Waals surface area contributed by atoms with Crippen molar-refractivity contribution in [3.05, 3.63) is 81.5 Å². The molecule has 0 unspecified atom stereocenters. The van der Waals surface area contributed by atoms with Crippen molar-refractivity contribution in [2.75, 3.05) is 7.11 Å². The van der Waals surface area contributed by atoms with Crippen molar-refractivity contribution in [2.24, 2.45) is 0 Å². The summed E-state index contributed by atoms with van der Waals surface area (Å²) in [5.74, 6) is -0.148. The molecule has 1 aromatic heterocycles. The number of dihydropyridines is 1. The summed E-state index contributed by atoms with van der Waals surface area (Å²) in [6.45, 7) is 1.83. The third-order valence-corrected chi connectivity index (χ3v) is 5.63. The Morgan fingerprint density at radius 1 is 1.21 bits per heavy atom. The summed E-state index contributed by atoms with van der Waals surface area (Å²) in [6.07, 6.45) is 2.60. The molecule has 6 heteroatoms. The van der Waals surface area contributed by atoms with E-state index < -0.39 is 11.9 Å². The van der Waals surface area contributed by atoms with Crippen molar-refractivity contribution in [3.8, 4) is 0 Å². The maximum atomic E-state index is 13.2. The molecule has 2 atom stereocenters. The van der Waals surface area contributed by atoms with Crippen LogP contribution < -0.4 is 5.32 Å². The Hall–Kier alpha value is -2.79. The number of carbonyl (C=O) groups excluding carboxylic acids is 2. The SMILES string of the molecule is COC(=O)C1=C(C)NC2=C(C(=O)C[C@H](c3ccco3)C2)[C@@H]1c1ccc(Cl)cc1. The first kappa shape index (κ1) is 18.6. The predicted molar refractivity (Wildman–Crippen MR) is 105 cm³/mol. The van der Waals surface area contributed by atoms with Crippen LogP contribution in [0.25, 0.3) is 0 Å². The maximum Gasteiger partial charge on any atom is 0.336 e. The largest absolute Gasteiger partial charge is 0.469 e. The van der Waals surface area contributed by atoms with E-state index in [0.29, 0.717) is 34.7 Å². The number of hydrogen-bond acceptors (Lipinski definition) is 5. The van der Waals surface area contributed by atoms with Gasteiger partial charge in [0.05, 0.1) is 18.9 Å². The molecule has 144 valence electrons. The maximum absolute atomic E-state index is 13.2. The van der Waals surface area contributed by atoms with E-state index in [-0.39, 0.29) is 11.7 Å². The zero-order valence-corrected chi connectivity index (χ0v) is 16.4. The van der Waals surface area contributed by atoms with Crippen LogP contribution in [0.1, 0.15) is 42.9 Å². The van der Waals surface area contributed by atoms with E-state index in [1.165, 1.54) is 7.11 Å². The van der Waals surface area contributed by atoms with Gasteiger partial charge in [0.15, 0.2) is 5.78 Å². The van der Waals surface area contributed by atoms with Gasteiger partial charge < -0.3 is 14.5 Å². The van der Waals surface area contributed by atoms with Gasteiger partial charge in [0.25, 0.3) is 0 Å². The lowest BCUT2D eigenvalue weighted by atomic mass is 9.72. The van der Waals surface area contributed by atoms with Gasteiger partial charge in [0, 0.05) is 40.2 Å². The fourth-order valence-electron chi connectivity index (χ4n) is 4.13. The Morgan fingerprint density at radius 2 is 1.96 bits per heavy atom. The molecule has 0 spiro atoms.